The van der Waals surface area contributed by atoms with E-state index in [1.165, 1.54) is 11.3 Å². The maximum Gasteiger partial charge on any atom is 0.262 e. The Morgan fingerprint density at radius 2 is 1.97 bits per heavy atom. The van der Waals surface area contributed by atoms with Gasteiger partial charge in [0.2, 0.25) is 5.95 Å². The monoisotopic (exact) mass is 449 g/mol. The summed E-state index contributed by atoms with van der Waals surface area (Å²) in [6.07, 6.45) is 0.421. The largest absolute Gasteiger partial charge is 0.396 e. The highest BCUT2D eigenvalue weighted by Gasteiger charge is 2.34. The molecular formula is C21H25F2N5O2S. The van der Waals surface area contributed by atoms with Gasteiger partial charge in [0.25, 0.3) is 5.92 Å². The molecule has 2 aromatic heterocycles. The normalized spacial score (nSPS) is 21.5. The van der Waals surface area contributed by atoms with Gasteiger partial charge in [-0.15, -0.1) is 11.3 Å². The molecule has 31 heavy (non-hydrogen) atoms. The van der Waals surface area contributed by atoms with Crippen LogP contribution in [-0.4, -0.2) is 56.4 Å². The highest BCUT2D eigenvalue weighted by atomic mass is 32.1. The second-order valence-electron chi connectivity index (χ2n) is 8.10. The first-order valence-electron chi connectivity index (χ1n) is 10.1. The molecule has 4 rings (SSSR count). The van der Waals surface area contributed by atoms with Crippen molar-refractivity contribution in [3.8, 4) is 10.6 Å². The number of benzene rings is 1. The van der Waals surface area contributed by atoms with Gasteiger partial charge in [0.1, 0.15) is 10.8 Å². The number of nitrogens with zero attached hydrogens (tertiary/aromatic N) is 3. The van der Waals surface area contributed by atoms with Crippen LogP contribution in [0.1, 0.15) is 25.5 Å². The number of alkyl halides is 2. The van der Waals surface area contributed by atoms with E-state index in [4.69, 9.17) is 4.98 Å². The number of aliphatic hydroxyl groups is 2. The molecule has 0 aliphatic heterocycles. The van der Waals surface area contributed by atoms with Crippen molar-refractivity contribution in [3.63, 3.8) is 0 Å². The number of aryl methyl sites for hydroxylation is 1. The maximum absolute atomic E-state index is 13.3. The van der Waals surface area contributed by atoms with Crippen molar-refractivity contribution in [3.05, 3.63) is 30.0 Å². The van der Waals surface area contributed by atoms with Gasteiger partial charge in [-0.3, -0.25) is 0 Å². The van der Waals surface area contributed by atoms with E-state index in [-0.39, 0.29) is 24.5 Å². The minimum atomic E-state index is -2.91. The first-order valence-corrected chi connectivity index (χ1v) is 11.0. The number of hydrogen-bond acceptors (Lipinski definition) is 8. The van der Waals surface area contributed by atoms with Crippen LogP contribution in [0.2, 0.25) is 0 Å². The molecule has 3 atom stereocenters. The predicted molar refractivity (Wildman–Crippen MR) is 118 cm³/mol. The Hall–Kier alpha value is -2.43. The number of fused-ring (bicyclic) bond motifs is 1. The number of para-hydroxylation sites is 1. The standard InChI is InChI=1S/C21H25F2N5O2S/c1-11-17(19-27-13-5-3-4-6-16(13)31-19)18(26-14-7-12(9-29)8-15(14)30)28-20(25-11)24-10-21(2,22)23/h3-6,12,14-15,29-30H,7-10H2,1-2H3,(H2,24,25,26,28)/t12-,14?,15+/m0/s1. The summed E-state index contributed by atoms with van der Waals surface area (Å²) in [5.74, 6) is -2.40. The smallest absolute Gasteiger partial charge is 0.262 e. The van der Waals surface area contributed by atoms with Crippen LogP contribution >= 0.6 is 11.3 Å². The fourth-order valence-electron chi connectivity index (χ4n) is 3.82. The fourth-order valence-corrected chi connectivity index (χ4v) is 4.89. The number of hydrogen-bond donors (Lipinski definition) is 4. The number of anilines is 2. The number of halogens is 2. The van der Waals surface area contributed by atoms with Gasteiger partial charge in [0.15, 0.2) is 0 Å². The third kappa shape index (κ3) is 4.91. The van der Waals surface area contributed by atoms with Crippen molar-refractivity contribution in [2.24, 2.45) is 5.92 Å². The first kappa shape index (κ1) is 21.8. The van der Waals surface area contributed by atoms with Gasteiger partial charge < -0.3 is 20.8 Å². The van der Waals surface area contributed by atoms with Crippen molar-refractivity contribution in [1.29, 1.82) is 0 Å². The molecule has 0 spiro atoms. The lowest BCUT2D eigenvalue weighted by Gasteiger charge is -2.21. The molecule has 1 aromatic carbocycles. The van der Waals surface area contributed by atoms with E-state index in [0.717, 1.165) is 17.1 Å². The highest BCUT2D eigenvalue weighted by Crippen LogP contribution is 2.38. The summed E-state index contributed by atoms with van der Waals surface area (Å²) in [5.41, 5.74) is 2.11. The molecule has 1 fully saturated rings. The quantitative estimate of drug-likeness (QED) is 0.436. The van der Waals surface area contributed by atoms with Crippen molar-refractivity contribution in [1.82, 2.24) is 15.0 Å². The van der Waals surface area contributed by atoms with Crippen molar-refractivity contribution >= 4 is 33.3 Å². The third-order valence-electron chi connectivity index (χ3n) is 5.36. The Morgan fingerprint density at radius 1 is 1.19 bits per heavy atom. The average Bonchev–Trinajstić information content (AvgIpc) is 3.28. The summed E-state index contributed by atoms with van der Waals surface area (Å²) in [6, 6.07) is 7.43. The van der Waals surface area contributed by atoms with Gasteiger partial charge in [-0.2, -0.15) is 4.98 Å². The minimum absolute atomic E-state index is 0.00115. The van der Waals surface area contributed by atoms with Crippen LogP contribution in [0.15, 0.2) is 24.3 Å². The van der Waals surface area contributed by atoms with E-state index in [0.29, 0.717) is 34.9 Å². The minimum Gasteiger partial charge on any atom is -0.396 e. The second kappa shape index (κ2) is 8.60. The van der Waals surface area contributed by atoms with Crippen LogP contribution in [-0.2, 0) is 0 Å². The Balaban J connectivity index is 1.73. The van der Waals surface area contributed by atoms with Crippen molar-refractivity contribution < 1.29 is 19.0 Å². The van der Waals surface area contributed by atoms with Crippen LogP contribution in [0.4, 0.5) is 20.5 Å². The van der Waals surface area contributed by atoms with Gasteiger partial charge in [-0.25, -0.2) is 18.7 Å². The van der Waals surface area contributed by atoms with E-state index in [2.05, 4.69) is 20.6 Å². The predicted octanol–water partition coefficient (Wildman–Crippen LogP) is 3.67. The molecule has 10 heteroatoms. The number of aliphatic hydroxyl groups excluding tert-OH is 2. The Morgan fingerprint density at radius 3 is 2.65 bits per heavy atom. The maximum atomic E-state index is 13.3. The zero-order valence-corrected chi connectivity index (χ0v) is 18.1. The first-order chi connectivity index (χ1) is 14.7. The van der Waals surface area contributed by atoms with E-state index in [1.807, 2.05) is 24.3 Å². The molecule has 1 aliphatic carbocycles. The Bertz CT molecular complexity index is 1040. The SMILES string of the molecule is Cc1nc(NCC(C)(F)F)nc(NC2C[C@H](CO)C[C@H]2O)c1-c1nc2ccccc2s1. The molecule has 1 unspecified atom stereocenters. The number of rotatable bonds is 7. The lowest BCUT2D eigenvalue weighted by atomic mass is 10.1. The molecule has 4 N–H and O–H groups in total. The summed E-state index contributed by atoms with van der Waals surface area (Å²) < 4.78 is 27.7. The van der Waals surface area contributed by atoms with E-state index >= 15 is 0 Å². The van der Waals surface area contributed by atoms with Crippen molar-refractivity contribution in [2.75, 3.05) is 23.8 Å². The van der Waals surface area contributed by atoms with Crippen LogP contribution in [0.5, 0.6) is 0 Å². The zero-order chi connectivity index (χ0) is 22.2. The van der Waals surface area contributed by atoms with E-state index in [1.54, 1.807) is 6.92 Å². The van der Waals surface area contributed by atoms with Crippen LogP contribution < -0.4 is 10.6 Å². The summed E-state index contributed by atoms with van der Waals surface area (Å²) in [7, 11) is 0. The molecule has 0 radical (unpaired) electrons. The van der Waals surface area contributed by atoms with Crippen LogP contribution in [0, 0.1) is 12.8 Å². The van der Waals surface area contributed by atoms with Gasteiger partial charge in [-0.05, 0) is 37.8 Å². The van der Waals surface area contributed by atoms with Gasteiger partial charge in [0, 0.05) is 13.5 Å². The molecule has 3 aromatic rings. The summed E-state index contributed by atoms with van der Waals surface area (Å²) in [6.45, 7) is 2.02. The lowest BCUT2D eigenvalue weighted by Crippen LogP contribution is -2.29. The molecule has 0 bridgehead atoms. The average molecular weight is 450 g/mol. The lowest BCUT2D eigenvalue weighted by molar-refractivity contribution is 0.0366. The number of aromatic nitrogens is 3. The van der Waals surface area contributed by atoms with E-state index < -0.39 is 18.6 Å². The number of nitrogens with one attached hydrogen (secondary N) is 2. The Kier molecular flexibility index (Phi) is 6.05. The molecule has 2 heterocycles. The van der Waals surface area contributed by atoms with E-state index in [9.17, 15) is 19.0 Å². The highest BCUT2D eigenvalue weighted by molar-refractivity contribution is 7.21. The summed E-state index contributed by atoms with van der Waals surface area (Å²) in [5, 5.41) is 26.5. The molecular weight excluding hydrogens is 424 g/mol. The molecule has 0 amide bonds. The Labute approximate surface area is 182 Å². The summed E-state index contributed by atoms with van der Waals surface area (Å²) >= 11 is 1.49. The second-order valence-corrected chi connectivity index (χ2v) is 9.14. The molecule has 1 saturated carbocycles. The fraction of sp³-hybridized carbons (Fsp3) is 0.476. The molecule has 166 valence electrons. The number of thiazole rings is 1. The molecule has 7 nitrogen and oxygen atoms in total. The van der Waals surface area contributed by atoms with Gasteiger partial charge >= 0.3 is 0 Å². The van der Waals surface area contributed by atoms with Crippen LogP contribution in [0.25, 0.3) is 20.8 Å². The zero-order valence-electron chi connectivity index (χ0n) is 17.3. The van der Waals surface area contributed by atoms with Gasteiger partial charge in [-0.1, -0.05) is 12.1 Å². The van der Waals surface area contributed by atoms with Gasteiger partial charge in [0.05, 0.1) is 40.2 Å². The third-order valence-corrected chi connectivity index (χ3v) is 6.42. The molecule has 1 aliphatic rings. The molecule has 0 saturated heterocycles. The summed E-state index contributed by atoms with van der Waals surface area (Å²) in [4.78, 5) is 13.5. The van der Waals surface area contributed by atoms with Crippen molar-refractivity contribution in [2.45, 2.75) is 44.8 Å². The topological polar surface area (TPSA) is 103 Å². The van der Waals surface area contributed by atoms with Crippen LogP contribution in [0.3, 0.4) is 0 Å².